The molecule has 1 atom stereocenters. The molecule has 0 radical (unpaired) electrons. The van der Waals surface area contributed by atoms with Gasteiger partial charge in [0.2, 0.25) is 0 Å². The van der Waals surface area contributed by atoms with E-state index >= 15 is 0 Å². The Morgan fingerprint density at radius 3 is 2.79 bits per heavy atom. The highest BCUT2D eigenvalue weighted by Crippen LogP contribution is 2.35. The number of rotatable bonds is 4. The second-order valence-corrected chi connectivity index (χ2v) is 6.90. The Labute approximate surface area is 166 Å². The summed E-state index contributed by atoms with van der Waals surface area (Å²) in [4.78, 5) is 12.9. The van der Waals surface area contributed by atoms with Crippen LogP contribution < -0.4 is 14.8 Å². The van der Waals surface area contributed by atoms with Gasteiger partial charge in [0.1, 0.15) is 24.6 Å². The van der Waals surface area contributed by atoms with E-state index in [1.54, 1.807) is 0 Å². The molecule has 2 aromatic heterocycles. The summed E-state index contributed by atoms with van der Waals surface area (Å²) in [6, 6.07) is 15.0. The smallest absolute Gasteiger partial charge is 0.255 e. The largest absolute Gasteiger partial charge is 0.486 e. The predicted octanol–water partition coefficient (Wildman–Crippen LogP) is 4.09. The highest BCUT2D eigenvalue weighted by Gasteiger charge is 2.21. The fourth-order valence-corrected chi connectivity index (χ4v) is 3.44. The van der Waals surface area contributed by atoms with Crippen molar-refractivity contribution in [3.05, 3.63) is 66.1 Å². The molecule has 0 aliphatic carbocycles. The summed E-state index contributed by atoms with van der Waals surface area (Å²) in [6.45, 7) is 2.92. The van der Waals surface area contributed by atoms with Gasteiger partial charge in [0.25, 0.3) is 5.91 Å². The molecule has 146 valence electrons. The van der Waals surface area contributed by atoms with Crippen LogP contribution in [0, 0.1) is 0 Å². The van der Waals surface area contributed by atoms with Crippen molar-refractivity contribution in [1.82, 2.24) is 15.5 Å². The van der Waals surface area contributed by atoms with Crippen molar-refractivity contribution in [2.45, 2.75) is 13.0 Å². The van der Waals surface area contributed by atoms with Crippen LogP contribution in [0.15, 0.2) is 59.1 Å². The highest BCUT2D eigenvalue weighted by molar-refractivity contribution is 6.00. The molecule has 0 saturated carbocycles. The van der Waals surface area contributed by atoms with Crippen molar-refractivity contribution in [2.24, 2.45) is 0 Å². The molecule has 0 unspecified atom stereocenters. The van der Waals surface area contributed by atoms with Gasteiger partial charge < -0.3 is 19.2 Å². The number of nitrogens with one attached hydrogen (secondary N) is 2. The molecule has 0 bridgehead atoms. The van der Waals surface area contributed by atoms with Crippen molar-refractivity contribution in [3.63, 3.8) is 0 Å². The second kappa shape index (κ2) is 7.01. The SMILES string of the molecule is C[C@@H](NC(=O)c1cn[nH]c1-c1ccc2c(c1)OCCO2)c1cc2ccccc2o1. The highest BCUT2D eigenvalue weighted by atomic mass is 16.6. The molecule has 7 nitrogen and oxygen atoms in total. The van der Waals surface area contributed by atoms with E-state index in [9.17, 15) is 4.79 Å². The summed E-state index contributed by atoms with van der Waals surface area (Å²) in [5, 5.41) is 11.0. The lowest BCUT2D eigenvalue weighted by molar-refractivity contribution is 0.0936. The minimum absolute atomic E-state index is 0.239. The molecule has 1 aliphatic rings. The van der Waals surface area contributed by atoms with Gasteiger partial charge >= 0.3 is 0 Å². The number of carbonyl (C=O) groups is 1. The van der Waals surface area contributed by atoms with E-state index in [0.29, 0.717) is 41.7 Å². The van der Waals surface area contributed by atoms with E-state index in [1.807, 2.05) is 55.5 Å². The number of H-pyrrole nitrogens is 1. The number of hydrogen-bond donors (Lipinski definition) is 2. The normalized spacial score (nSPS) is 14.0. The molecular formula is C22H19N3O4. The number of furan rings is 1. The molecule has 3 heterocycles. The number of amides is 1. The van der Waals surface area contributed by atoms with Gasteiger partial charge in [-0.25, -0.2) is 0 Å². The molecule has 0 fully saturated rings. The van der Waals surface area contributed by atoms with E-state index in [2.05, 4.69) is 15.5 Å². The van der Waals surface area contributed by atoms with Crippen LogP contribution in [0.2, 0.25) is 0 Å². The van der Waals surface area contributed by atoms with Gasteiger partial charge in [-0.1, -0.05) is 18.2 Å². The fraction of sp³-hybridized carbons (Fsp3) is 0.182. The lowest BCUT2D eigenvalue weighted by Gasteiger charge is -2.19. The number of nitrogens with zero attached hydrogens (tertiary/aromatic N) is 1. The number of aromatic amines is 1. The van der Waals surface area contributed by atoms with Crippen molar-refractivity contribution < 1.29 is 18.7 Å². The molecule has 2 aromatic carbocycles. The summed E-state index contributed by atoms with van der Waals surface area (Å²) in [6.07, 6.45) is 1.52. The molecule has 4 aromatic rings. The van der Waals surface area contributed by atoms with Crippen LogP contribution >= 0.6 is 0 Å². The Morgan fingerprint density at radius 1 is 1.10 bits per heavy atom. The van der Waals surface area contributed by atoms with Crippen LogP contribution in [0.25, 0.3) is 22.2 Å². The van der Waals surface area contributed by atoms with Crippen LogP contribution in [0.4, 0.5) is 0 Å². The number of fused-ring (bicyclic) bond motifs is 2. The number of hydrogen-bond acceptors (Lipinski definition) is 5. The topological polar surface area (TPSA) is 89.4 Å². The third-order valence-electron chi connectivity index (χ3n) is 4.93. The lowest BCUT2D eigenvalue weighted by atomic mass is 10.1. The number of aromatic nitrogens is 2. The zero-order chi connectivity index (χ0) is 19.8. The minimum atomic E-state index is -0.294. The van der Waals surface area contributed by atoms with Crippen LogP contribution in [-0.2, 0) is 0 Å². The lowest BCUT2D eigenvalue weighted by Crippen LogP contribution is -2.26. The zero-order valence-electron chi connectivity index (χ0n) is 15.8. The van der Waals surface area contributed by atoms with Gasteiger partial charge in [0, 0.05) is 10.9 Å². The number of benzene rings is 2. The molecular weight excluding hydrogens is 370 g/mol. The summed E-state index contributed by atoms with van der Waals surface area (Å²) in [5.74, 6) is 1.81. The van der Waals surface area contributed by atoms with E-state index in [1.165, 1.54) is 6.20 Å². The van der Waals surface area contributed by atoms with Crippen LogP contribution in [-0.4, -0.2) is 29.3 Å². The summed E-state index contributed by atoms with van der Waals surface area (Å²) in [7, 11) is 0. The fourth-order valence-electron chi connectivity index (χ4n) is 3.44. The number of carbonyl (C=O) groups excluding carboxylic acids is 1. The molecule has 0 saturated heterocycles. The van der Waals surface area contributed by atoms with E-state index in [0.717, 1.165) is 16.5 Å². The average molecular weight is 389 g/mol. The van der Waals surface area contributed by atoms with E-state index in [-0.39, 0.29) is 11.9 Å². The van der Waals surface area contributed by atoms with Crippen LogP contribution in [0.5, 0.6) is 11.5 Å². The Morgan fingerprint density at radius 2 is 1.93 bits per heavy atom. The Bertz CT molecular complexity index is 1160. The van der Waals surface area contributed by atoms with Gasteiger partial charge in [-0.05, 0) is 37.3 Å². The summed E-state index contributed by atoms with van der Waals surface area (Å²) >= 11 is 0. The molecule has 7 heteroatoms. The quantitative estimate of drug-likeness (QED) is 0.549. The standard InChI is InChI=1S/C22H19N3O4/c1-13(19-10-14-4-2-3-5-17(14)29-19)24-22(26)16-12-23-25-21(16)15-6-7-18-20(11-15)28-9-8-27-18/h2-7,10-13H,8-9H2,1H3,(H,23,25)(H,24,26)/t13-/m1/s1. The first-order valence-electron chi connectivity index (χ1n) is 9.42. The third-order valence-corrected chi connectivity index (χ3v) is 4.93. The molecule has 5 rings (SSSR count). The maximum atomic E-state index is 12.9. The number of ether oxygens (including phenoxy) is 2. The van der Waals surface area contributed by atoms with Crippen LogP contribution in [0.1, 0.15) is 29.1 Å². The van der Waals surface area contributed by atoms with Gasteiger partial charge in [0.15, 0.2) is 11.5 Å². The van der Waals surface area contributed by atoms with Crippen molar-refractivity contribution in [2.75, 3.05) is 13.2 Å². The van der Waals surface area contributed by atoms with Crippen LogP contribution in [0.3, 0.4) is 0 Å². The predicted molar refractivity (Wildman–Crippen MR) is 107 cm³/mol. The van der Waals surface area contributed by atoms with Gasteiger partial charge in [-0.15, -0.1) is 0 Å². The van der Waals surface area contributed by atoms with E-state index < -0.39 is 0 Å². The maximum absolute atomic E-state index is 12.9. The first-order valence-corrected chi connectivity index (χ1v) is 9.42. The van der Waals surface area contributed by atoms with Crippen molar-refractivity contribution >= 4 is 16.9 Å². The van der Waals surface area contributed by atoms with Gasteiger partial charge in [-0.3, -0.25) is 9.89 Å². The Hall–Kier alpha value is -3.74. The maximum Gasteiger partial charge on any atom is 0.255 e. The van der Waals surface area contributed by atoms with Crippen molar-refractivity contribution in [1.29, 1.82) is 0 Å². The van der Waals surface area contributed by atoms with E-state index in [4.69, 9.17) is 13.9 Å². The Balaban J connectivity index is 1.39. The Kier molecular flexibility index (Phi) is 4.20. The zero-order valence-corrected chi connectivity index (χ0v) is 15.8. The summed E-state index contributed by atoms with van der Waals surface area (Å²) < 4.78 is 17.1. The molecule has 29 heavy (non-hydrogen) atoms. The molecule has 0 spiro atoms. The minimum Gasteiger partial charge on any atom is -0.486 e. The molecule has 2 N–H and O–H groups in total. The van der Waals surface area contributed by atoms with Gasteiger partial charge in [-0.2, -0.15) is 5.10 Å². The molecule has 1 aliphatic heterocycles. The third kappa shape index (κ3) is 3.20. The first kappa shape index (κ1) is 17.4. The average Bonchev–Trinajstić information content (AvgIpc) is 3.40. The van der Waals surface area contributed by atoms with Crippen molar-refractivity contribution in [3.8, 4) is 22.8 Å². The monoisotopic (exact) mass is 389 g/mol. The molecule has 1 amide bonds. The second-order valence-electron chi connectivity index (χ2n) is 6.90. The summed E-state index contributed by atoms with van der Waals surface area (Å²) in [5.41, 5.74) is 2.66. The number of para-hydroxylation sites is 1. The van der Waals surface area contributed by atoms with Gasteiger partial charge in [0.05, 0.1) is 23.5 Å². The first-order chi connectivity index (χ1) is 14.2.